The molecule has 0 aliphatic heterocycles. The van der Waals surface area contributed by atoms with Crippen LogP contribution in [0.5, 0.6) is 0 Å². The second kappa shape index (κ2) is 6.08. The molecule has 6 nitrogen and oxygen atoms in total. The molecule has 0 radical (unpaired) electrons. The normalized spacial score (nSPS) is 11.9. The third kappa shape index (κ3) is 3.30. The van der Waals surface area contributed by atoms with E-state index in [1.54, 1.807) is 13.0 Å². The van der Waals surface area contributed by atoms with Gasteiger partial charge in [0.05, 0.1) is 12.2 Å². The summed E-state index contributed by atoms with van der Waals surface area (Å²) in [6, 6.07) is 6.41. The molecule has 1 aromatic carbocycles. The van der Waals surface area contributed by atoms with Gasteiger partial charge in [-0.05, 0) is 31.2 Å². The third-order valence-corrected chi connectivity index (χ3v) is 3.30. The highest BCUT2D eigenvalue weighted by Crippen LogP contribution is 2.30. The molecule has 0 atom stereocenters. The highest BCUT2D eigenvalue weighted by atomic mass is 19.4. The second-order valence-electron chi connectivity index (χ2n) is 5.20. The van der Waals surface area contributed by atoms with E-state index < -0.39 is 11.7 Å². The zero-order valence-electron chi connectivity index (χ0n) is 12.7. The minimum Gasteiger partial charge on any atom is -0.396 e. The predicted octanol–water partition coefficient (Wildman–Crippen LogP) is 2.73. The van der Waals surface area contributed by atoms with E-state index in [0.29, 0.717) is 35.2 Å². The molecule has 0 fully saturated rings. The Kier molecular flexibility index (Phi) is 4.10. The number of fused-ring (bicyclic) bond motifs is 1. The lowest BCUT2D eigenvalue weighted by Crippen LogP contribution is -2.06. The van der Waals surface area contributed by atoms with E-state index in [-0.39, 0.29) is 6.61 Å². The van der Waals surface area contributed by atoms with Gasteiger partial charge in [-0.1, -0.05) is 0 Å². The van der Waals surface area contributed by atoms with Gasteiger partial charge in [0.2, 0.25) is 0 Å². The average molecular weight is 337 g/mol. The number of halogens is 3. The zero-order valence-corrected chi connectivity index (χ0v) is 12.7. The Morgan fingerprint density at radius 2 is 1.88 bits per heavy atom. The maximum Gasteiger partial charge on any atom is 0.416 e. The lowest BCUT2D eigenvalue weighted by atomic mass is 10.2. The van der Waals surface area contributed by atoms with E-state index in [9.17, 15) is 13.2 Å². The smallest absolute Gasteiger partial charge is 0.396 e. The van der Waals surface area contributed by atoms with E-state index in [0.717, 1.165) is 12.1 Å². The molecule has 2 N–H and O–H groups in total. The molecule has 0 aliphatic carbocycles. The van der Waals surface area contributed by atoms with Crippen LogP contribution in [0.15, 0.2) is 30.3 Å². The van der Waals surface area contributed by atoms with E-state index in [1.165, 1.54) is 16.6 Å². The summed E-state index contributed by atoms with van der Waals surface area (Å²) < 4.78 is 39.3. The number of hydrogen-bond donors (Lipinski definition) is 2. The summed E-state index contributed by atoms with van der Waals surface area (Å²) in [7, 11) is 0. The van der Waals surface area contributed by atoms with Gasteiger partial charge in [0.25, 0.3) is 5.78 Å². The number of nitrogens with zero attached hydrogens (tertiary/aromatic N) is 4. The number of hydrogen-bond acceptors (Lipinski definition) is 5. The molecule has 0 saturated heterocycles. The first-order valence-corrected chi connectivity index (χ1v) is 7.15. The quantitative estimate of drug-likeness (QED) is 0.766. The summed E-state index contributed by atoms with van der Waals surface area (Å²) in [5, 5.41) is 16.2. The minimum absolute atomic E-state index is 0.0858. The molecule has 3 rings (SSSR count). The predicted molar refractivity (Wildman–Crippen MR) is 81.0 cm³/mol. The molecule has 3 aromatic rings. The Bertz CT molecular complexity index is 858. The molecule has 0 amide bonds. The average Bonchev–Trinajstić information content (AvgIpc) is 2.90. The minimum atomic E-state index is -4.37. The van der Waals surface area contributed by atoms with Crippen molar-refractivity contribution < 1.29 is 18.3 Å². The zero-order chi connectivity index (χ0) is 17.3. The molecule has 0 saturated carbocycles. The summed E-state index contributed by atoms with van der Waals surface area (Å²) >= 11 is 0. The molecule has 2 heterocycles. The van der Waals surface area contributed by atoms with Crippen molar-refractivity contribution in [2.75, 3.05) is 11.9 Å². The lowest BCUT2D eigenvalue weighted by Gasteiger charge is -2.10. The van der Waals surface area contributed by atoms with E-state index >= 15 is 0 Å². The van der Waals surface area contributed by atoms with Crippen molar-refractivity contribution in [3.05, 3.63) is 47.4 Å². The molecule has 0 unspecified atom stereocenters. The fourth-order valence-electron chi connectivity index (χ4n) is 2.21. The van der Waals surface area contributed by atoms with Gasteiger partial charge in [-0.15, -0.1) is 5.10 Å². The van der Waals surface area contributed by atoms with Crippen molar-refractivity contribution >= 4 is 17.3 Å². The molecule has 9 heteroatoms. The Morgan fingerprint density at radius 1 is 1.17 bits per heavy atom. The molecular weight excluding hydrogens is 323 g/mol. The lowest BCUT2D eigenvalue weighted by molar-refractivity contribution is -0.137. The Labute approximate surface area is 135 Å². The van der Waals surface area contributed by atoms with Crippen LogP contribution in [0, 0.1) is 6.92 Å². The summed E-state index contributed by atoms with van der Waals surface area (Å²) in [6.45, 7) is 1.69. The number of aliphatic hydroxyl groups excluding tert-OH is 1. The van der Waals surface area contributed by atoms with Crippen LogP contribution in [-0.2, 0) is 12.6 Å². The highest BCUT2D eigenvalue weighted by molar-refractivity contribution is 5.59. The van der Waals surface area contributed by atoms with Gasteiger partial charge in [0.15, 0.2) is 5.82 Å². The van der Waals surface area contributed by atoms with Gasteiger partial charge >= 0.3 is 6.18 Å². The number of aliphatic hydroxyl groups is 1. The van der Waals surface area contributed by atoms with Crippen molar-refractivity contribution in [3.8, 4) is 0 Å². The first kappa shape index (κ1) is 16.2. The number of rotatable bonds is 4. The van der Waals surface area contributed by atoms with Gasteiger partial charge in [0.1, 0.15) is 5.82 Å². The van der Waals surface area contributed by atoms with Crippen LogP contribution in [-0.4, -0.2) is 31.3 Å². The van der Waals surface area contributed by atoms with Gasteiger partial charge in [-0.3, -0.25) is 0 Å². The SMILES string of the molecule is Cc1cc(Nc2ccc(C(F)(F)F)cc2)n2nc(CCO)nc2n1. The Balaban J connectivity index is 1.94. The molecule has 2 aromatic heterocycles. The Hall–Kier alpha value is -2.68. The van der Waals surface area contributed by atoms with E-state index in [2.05, 4.69) is 20.4 Å². The van der Waals surface area contributed by atoms with Crippen LogP contribution < -0.4 is 5.32 Å². The van der Waals surface area contributed by atoms with Crippen LogP contribution in [0.3, 0.4) is 0 Å². The van der Waals surface area contributed by atoms with Gasteiger partial charge in [-0.25, -0.2) is 4.98 Å². The molecule has 0 aliphatic rings. The number of benzene rings is 1. The molecule has 0 bridgehead atoms. The summed E-state index contributed by atoms with van der Waals surface area (Å²) in [6.07, 6.45) is -4.08. The maximum atomic E-state index is 12.6. The van der Waals surface area contributed by atoms with Crippen LogP contribution in [0.25, 0.3) is 5.78 Å². The van der Waals surface area contributed by atoms with Crippen molar-refractivity contribution in [1.82, 2.24) is 19.6 Å². The van der Waals surface area contributed by atoms with E-state index in [1.807, 2.05) is 0 Å². The van der Waals surface area contributed by atoms with Gasteiger partial charge in [-0.2, -0.15) is 22.7 Å². The van der Waals surface area contributed by atoms with Crippen molar-refractivity contribution in [2.24, 2.45) is 0 Å². The topological polar surface area (TPSA) is 75.3 Å². The van der Waals surface area contributed by atoms with Crippen LogP contribution in [0.1, 0.15) is 17.1 Å². The molecular formula is C15H14F3N5O. The number of aromatic nitrogens is 4. The third-order valence-electron chi connectivity index (χ3n) is 3.30. The van der Waals surface area contributed by atoms with Gasteiger partial charge in [0, 0.05) is 23.9 Å². The largest absolute Gasteiger partial charge is 0.416 e. The fraction of sp³-hybridized carbons (Fsp3) is 0.267. The second-order valence-corrected chi connectivity index (χ2v) is 5.20. The van der Waals surface area contributed by atoms with Crippen molar-refractivity contribution in [3.63, 3.8) is 0 Å². The maximum absolute atomic E-state index is 12.6. The monoisotopic (exact) mass is 337 g/mol. The van der Waals surface area contributed by atoms with Crippen molar-refractivity contribution in [1.29, 1.82) is 0 Å². The molecule has 0 spiro atoms. The van der Waals surface area contributed by atoms with E-state index in [4.69, 9.17) is 5.11 Å². The molecule has 126 valence electrons. The van der Waals surface area contributed by atoms with Crippen LogP contribution >= 0.6 is 0 Å². The number of nitrogens with one attached hydrogen (secondary N) is 1. The van der Waals surface area contributed by atoms with Crippen LogP contribution in [0.4, 0.5) is 24.7 Å². The van der Waals surface area contributed by atoms with Crippen molar-refractivity contribution in [2.45, 2.75) is 19.5 Å². The van der Waals surface area contributed by atoms with Crippen LogP contribution in [0.2, 0.25) is 0 Å². The number of alkyl halides is 3. The first-order chi connectivity index (χ1) is 11.4. The summed E-state index contributed by atoms with van der Waals surface area (Å²) in [4.78, 5) is 8.45. The standard InChI is InChI=1S/C15H14F3N5O/c1-9-8-13(23-14(19-9)21-12(22-23)6-7-24)20-11-4-2-10(3-5-11)15(16,17)18/h2-5,8,20,24H,6-7H2,1H3. The Morgan fingerprint density at radius 3 is 2.50 bits per heavy atom. The van der Waals surface area contributed by atoms with Gasteiger partial charge < -0.3 is 10.4 Å². The fourth-order valence-corrected chi connectivity index (χ4v) is 2.21. The summed E-state index contributed by atoms with van der Waals surface area (Å²) in [5.41, 5.74) is 0.448. The number of aryl methyl sites for hydroxylation is 1. The molecule has 24 heavy (non-hydrogen) atoms. The highest BCUT2D eigenvalue weighted by Gasteiger charge is 2.29. The first-order valence-electron chi connectivity index (χ1n) is 7.15. The number of anilines is 2. The summed E-state index contributed by atoms with van der Waals surface area (Å²) in [5.74, 6) is 1.31.